The quantitative estimate of drug-likeness (QED) is 0.0203. The summed E-state index contributed by atoms with van der Waals surface area (Å²) >= 11 is 0. The van der Waals surface area contributed by atoms with Gasteiger partial charge in [0.05, 0.1) is 19.8 Å². The van der Waals surface area contributed by atoms with Gasteiger partial charge < -0.3 is 64.2 Å². The average Bonchev–Trinajstić information content (AvgIpc) is 3.29. The van der Waals surface area contributed by atoms with E-state index in [9.17, 15) is 45.3 Å². The normalized spacial score (nSPS) is 26.8. The Morgan fingerprint density at radius 1 is 0.500 bits per heavy atom. The van der Waals surface area contributed by atoms with Gasteiger partial charge in [0, 0.05) is 12.8 Å². The maximum absolute atomic E-state index is 13.0. The molecular formula is C49H88O15. The van der Waals surface area contributed by atoms with Crippen molar-refractivity contribution in [2.24, 2.45) is 0 Å². The highest BCUT2D eigenvalue weighted by molar-refractivity contribution is 5.70. The Labute approximate surface area is 383 Å². The topological polar surface area (TPSA) is 231 Å². The zero-order chi connectivity index (χ0) is 46.8. The van der Waals surface area contributed by atoms with Gasteiger partial charge in [-0.25, -0.2) is 0 Å². The fraction of sp³-hybridized carbons (Fsp3) is 0.878. The van der Waals surface area contributed by atoms with Gasteiger partial charge in [0.15, 0.2) is 18.7 Å². The highest BCUT2D eigenvalue weighted by atomic mass is 16.7. The Kier molecular flexibility index (Phi) is 33.6. The number of carbonyl (C=O) groups is 2. The summed E-state index contributed by atoms with van der Waals surface area (Å²) in [4.78, 5) is 25.7. The minimum Gasteiger partial charge on any atom is -0.462 e. The molecule has 2 fully saturated rings. The number of rotatable bonds is 38. The van der Waals surface area contributed by atoms with E-state index in [-0.39, 0.29) is 26.1 Å². The number of ether oxygens (including phenoxy) is 6. The number of allylic oxidation sites excluding steroid dienone is 4. The molecule has 64 heavy (non-hydrogen) atoms. The molecule has 15 nitrogen and oxygen atoms in total. The van der Waals surface area contributed by atoms with Crippen LogP contribution >= 0.6 is 0 Å². The number of carbonyl (C=O) groups excluding carboxylic acids is 2. The first-order valence-electron chi connectivity index (χ1n) is 24.9. The van der Waals surface area contributed by atoms with Crippen LogP contribution in [0.2, 0.25) is 0 Å². The van der Waals surface area contributed by atoms with Crippen LogP contribution in [0.15, 0.2) is 24.3 Å². The number of hydrogen-bond acceptors (Lipinski definition) is 15. The fourth-order valence-corrected chi connectivity index (χ4v) is 7.78. The third-order valence-corrected chi connectivity index (χ3v) is 11.9. The summed E-state index contributed by atoms with van der Waals surface area (Å²) in [6.45, 7) is 2.51. The van der Waals surface area contributed by atoms with Gasteiger partial charge in [0.25, 0.3) is 0 Å². The molecule has 0 amide bonds. The van der Waals surface area contributed by atoms with E-state index in [0.29, 0.717) is 12.8 Å². The Hall–Kier alpha value is -2.02. The smallest absolute Gasteiger partial charge is 0.306 e. The first kappa shape index (κ1) is 58.1. The third-order valence-electron chi connectivity index (χ3n) is 11.9. The Bertz CT molecular complexity index is 1220. The molecule has 0 radical (unpaired) electrons. The Morgan fingerprint density at radius 2 is 0.969 bits per heavy atom. The predicted molar refractivity (Wildman–Crippen MR) is 243 cm³/mol. The molecule has 11 atom stereocenters. The molecule has 11 unspecified atom stereocenters. The first-order chi connectivity index (χ1) is 31.0. The van der Waals surface area contributed by atoms with Crippen LogP contribution in [0.25, 0.3) is 0 Å². The molecule has 0 aromatic carbocycles. The van der Waals surface area contributed by atoms with Crippen molar-refractivity contribution >= 4 is 11.9 Å². The van der Waals surface area contributed by atoms with Gasteiger partial charge >= 0.3 is 11.9 Å². The monoisotopic (exact) mass is 917 g/mol. The number of unbranched alkanes of at least 4 members (excludes halogenated alkanes) is 20. The van der Waals surface area contributed by atoms with Crippen molar-refractivity contribution in [3.05, 3.63) is 24.3 Å². The first-order valence-corrected chi connectivity index (χ1v) is 24.9. The maximum atomic E-state index is 13.0. The van der Waals surface area contributed by atoms with E-state index in [1.807, 2.05) is 0 Å². The van der Waals surface area contributed by atoms with Crippen LogP contribution in [0.3, 0.4) is 0 Å². The molecule has 2 rings (SSSR count). The van der Waals surface area contributed by atoms with E-state index >= 15 is 0 Å². The highest BCUT2D eigenvalue weighted by Gasteiger charge is 2.47. The molecule has 0 saturated carbocycles. The summed E-state index contributed by atoms with van der Waals surface area (Å²) < 4.78 is 33.5. The molecule has 2 saturated heterocycles. The molecule has 0 spiro atoms. The van der Waals surface area contributed by atoms with E-state index in [2.05, 4.69) is 38.2 Å². The van der Waals surface area contributed by atoms with Crippen molar-refractivity contribution in [3.63, 3.8) is 0 Å². The second-order valence-corrected chi connectivity index (χ2v) is 17.6. The summed E-state index contributed by atoms with van der Waals surface area (Å²) in [6, 6.07) is 0. The molecule has 0 aliphatic carbocycles. The maximum Gasteiger partial charge on any atom is 0.306 e. The lowest BCUT2D eigenvalue weighted by Crippen LogP contribution is -2.61. The largest absolute Gasteiger partial charge is 0.462 e. The van der Waals surface area contributed by atoms with Gasteiger partial charge in [0.2, 0.25) is 0 Å². The molecule has 0 aromatic heterocycles. The predicted octanol–water partition coefficient (Wildman–Crippen LogP) is 6.38. The van der Waals surface area contributed by atoms with Gasteiger partial charge in [-0.15, -0.1) is 0 Å². The third kappa shape index (κ3) is 25.2. The van der Waals surface area contributed by atoms with E-state index in [0.717, 1.165) is 70.6 Å². The fourth-order valence-electron chi connectivity index (χ4n) is 7.78. The standard InChI is InChI=1S/C49H88O15/c1-3-5-7-9-11-13-15-17-18-20-21-23-25-27-29-31-40(51)59-34-37(62-41(52)32-30-28-26-24-22-19-16-14-12-10-8-6-4-2)35-60-48-47(58)45(56)43(54)39(64-48)36-61-49-46(57)44(55)42(53)38(33-50)63-49/h8,10,14,16,37-39,42-50,53-58H,3-7,9,11-13,15,17-36H2,1-2H3/b10-8-,16-14-. The van der Waals surface area contributed by atoms with Crippen molar-refractivity contribution in [2.45, 2.75) is 248 Å². The van der Waals surface area contributed by atoms with Crippen LogP contribution in [0, 0.1) is 0 Å². The summed E-state index contributed by atoms with van der Waals surface area (Å²) in [7, 11) is 0. The van der Waals surface area contributed by atoms with Crippen LogP contribution in [-0.2, 0) is 38.0 Å². The van der Waals surface area contributed by atoms with Crippen molar-refractivity contribution in [3.8, 4) is 0 Å². The van der Waals surface area contributed by atoms with Crippen LogP contribution in [-0.4, -0.2) is 142 Å². The van der Waals surface area contributed by atoms with Crippen LogP contribution in [0.5, 0.6) is 0 Å². The Balaban J connectivity index is 1.82. The van der Waals surface area contributed by atoms with E-state index < -0.39 is 92.7 Å². The lowest BCUT2D eigenvalue weighted by molar-refractivity contribution is -0.332. The van der Waals surface area contributed by atoms with E-state index in [4.69, 9.17) is 28.4 Å². The molecule has 15 heteroatoms. The van der Waals surface area contributed by atoms with Crippen LogP contribution in [0.1, 0.15) is 181 Å². The van der Waals surface area contributed by atoms with Gasteiger partial charge in [-0.2, -0.15) is 0 Å². The Morgan fingerprint density at radius 3 is 1.52 bits per heavy atom. The van der Waals surface area contributed by atoms with Crippen molar-refractivity contribution < 1.29 is 73.8 Å². The number of esters is 2. The van der Waals surface area contributed by atoms with Crippen LogP contribution in [0.4, 0.5) is 0 Å². The van der Waals surface area contributed by atoms with E-state index in [1.165, 1.54) is 70.6 Å². The van der Waals surface area contributed by atoms with Gasteiger partial charge in [-0.3, -0.25) is 9.59 Å². The van der Waals surface area contributed by atoms with Gasteiger partial charge in [0.1, 0.15) is 55.4 Å². The second-order valence-electron chi connectivity index (χ2n) is 17.6. The highest BCUT2D eigenvalue weighted by Crippen LogP contribution is 2.26. The van der Waals surface area contributed by atoms with Crippen LogP contribution < -0.4 is 0 Å². The molecule has 7 N–H and O–H groups in total. The molecule has 374 valence electrons. The molecule has 0 bridgehead atoms. The summed E-state index contributed by atoms with van der Waals surface area (Å²) in [6.07, 6.45) is 19.2. The summed E-state index contributed by atoms with van der Waals surface area (Å²) in [5.74, 6) is -0.936. The average molecular weight is 917 g/mol. The van der Waals surface area contributed by atoms with Gasteiger partial charge in [-0.05, 0) is 38.5 Å². The summed E-state index contributed by atoms with van der Waals surface area (Å²) in [5.41, 5.74) is 0. The molecule has 2 aliphatic heterocycles. The number of hydrogen-bond donors (Lipinski definition) is 7. The minimum atomic E-state index is -1.76. The number of aliphatic hydroxyl groups is 7. The summed E-state index contributed by atoms with van der Waals surface area (Å²) in [5, 5.41) is 72.0. The van der Waals surface area contributed by atoms with Gasteiger partial charge in [-0.1, -0.05) is 154 Å². The SMILES string of the molecule is CCC/C=C\C/C=C\CCCCCCCC(=O)OC(COC(=O)CCCCCCCCCCCCCCCCC)COC1OC(COC2OC(CO)C(O)C(O)C2O)C(O)C(O)C1O. The van der Waals surface area contributed by atoms with Crippen molar-refractivity contribution in [1.82, 2.24) is 0 Å². The van der Waals surface area contributed by atoms with Crippen molar-refractivity contribution in [1.29, 1.82) is 0 Å². The molecule has 2 heterocycles. The van der Waals surface area contributed by atoms with E-state index in [1.54, 1.807) is 0 Å². The molecular weight excluding hydrogens is 829 g/mol. The van der Waals surface area contributed by atoms with Crippen molar-refractivity contribution in [2.75, 3.05) is 26.4 Å². The zero-order valence-corrected chi connectivity index (χ0v) is 39.3. The zero-order valence-electron chi connectivity index (χ0n) is 39.3. The lowest BCUT2D eigenvalue weighted by Gasteiger charge is -2.42. The lowest BCUT2D eigenvalue weighted by atomic mass is 9.98. The number of aliphatic hydroxyl groups excluding tert-OH is 7. The molecule has 0 aromatic rings. The molecule has 2 aliphatic rings. The minimum absolute atomic E-state index is 0.151. The second kappa shape index (κ2) is 37.0.